The summed E-state index contributed by atoms with van der Waals surface area (Å²) in [5.74, 6) is -0.802. The third-order valence-electron chi connectivity index (χ3n) is 1.17. The smallest absolute Gasteiger partial charge is 0.359 e. The molecule has 1 N–H and O–H groups in total. The summed E-state index contributed by atoms with van der Waals surface area (Å²) in [6.45, 7) is 3.59. The van der Waals surface area contributed by atoms with Crippen molar-refractivity contribution in [2.45, 2.75) is 0 Å². The van der Waals surface area contributed by atoms with Gasteiger partial charge < -0.3 is 5.11 Å². The second-order valence-electron chi connectivity index (χ2n) is 2.91. The van der Waals surface area contributed by atoms with Gasteiger partial charge in [0, 0.05) is 0 Å². The fourth-order valence-electron chi connectivity index (χ4n) is 0.695. The van der Waals surface area contributed by atoms with E-state index in [9.17, 15) is 4.79 Å². The molecule has 0 heterocycles. The van der Waals surface area contributed by atoms with Gasteiger partial charge in [-0.1, -0.05) is 12.7 Å². The molecule has 0 saturated heterocycles. The maximum Gasteiger partial charge on any atom is 0.359 e. The van der Waals surface area contributed by atoms with Crippen LogP contribution in [-0.4, -0.2) is 36.2 Å². The Bertz CT molecular complexity index is 183. The standard InChI is InChI=1S/C8H13NO2/c1-4-5-6-9(2,3)7-8(10)11/h4-6H,1,7H2,2-3H3/p+1/b6-5+. The quantitative estimate of drug-likeness (QED) is 0.484. The molecule has 0 bridgehead atoms. The van der Waals surface area contributed by atoms with E-state index in [0.29, 0.717) is 4.48 Å². The molecule has 0 amide bonds. The average molecular weight is 156 g/mol. The molecular formula is C8H14NO2+. The number of rotatable bonds is 4. The molecule has 0 aromatic carbocycles. The summed E-state index contributed by atoms with van der Waals surface area (Å²) in [5.41, 5.74) is 0. The van der Waals surface area contributed by atoms with E-state index in [2.05, 4.69) is 6.58 Å². The third-order valence-corrected chi connectivity index (χ3v) is 1.17. The van der Waals surface area contributed by atoms with Crippen molar-refractivity contribution in [2.24, 2.45) is 0 Å². The Morgan fingerprint density at radius 3 is 2.55 bits per heavy atom. The van der Waals surface area contributed by atoms with Crippen LogP contribution in [0.5, 0.6) is 0 Å². The molecule has 0 aromatic heterocycles. The number of carboxylic acid groups (broad SMARTS) is 1. The number of aliphatic carboxylic acids is 1. The molecule has 0 radical (unpaired) electrons. The molecule has 0 atom stereocenters. The van der Waals surface area contributed by atoms with Crippen LogP contribution in [-0.2, 0) is 4.79 Å². The lowest BCUT2D eigenvalue weighted by Crippen LogP contribution is -2.38. The van der Waals surface area contributed by atoms with E-state index in [1.54, 1.807) is 18.4 Å². The molecular weight excluding hydrogens is 142 g/mol. The van der Waals surface area contributed by atoms with Crippen LogP contribution in [0.3, 0.4) is 0 Å². The minimum Gasteiger partial charge on any atom is -0.477 e. The molecule has 0 unspecified atom stereocenters. The minimum atomic E-state index is -0.802. The average Bonchev–Trinajstić information content (AvgIpc) is 1.81. The van der Waals surface area contributed by atoms with E-state index in [1.165, 1.54) is 0 Å². The summed E-state index contributed by atoms with van der Waals surface area (Å²) >= 11 is 0. The Morgan fingerprint density at radius 2 is 2.18 bits per heavy atom. The van der Waals surface area contributed by atoms with Crippen LogP contribution in [0, 0.1) is 0 Å². The first-order valence-corrected chi connectivity index (χ1v) is 3.33. The monoisotopic (exact) mass is 156 g/mol. The van der Waals surface area contributed by atoms with Gasteiger partial charge in [-0.25, -0.2) is 4.79 Å². The molecule has 0 saturated carbocycles. The van der Waals surface area contributed by atoms with E-state index in [1.807, 2.05) is 14.1 Å². The SMILES string of the molecule is C=C/C=C/[N+](C)(C)CC(=O)O. The number of quaternary nitrogens is 1. The Labute approximate surface area is 66.8 Å². The Balaban J connectivity index is 4.09. The van der Waals surface area contributed by atoms with Crippen LogP contribution < -0.4 is 0 Å². The molecule has 11 heavy (non-hydrogen) atoms. The van der Waals surface area contributed by atoms with Crippen LogP contribution >= 0.6 is 0 Å². The zero-order chi connectivity index (χ0) is 8.91. The lowest BCUT2D eigenvalue weighted by atomic mass is 10.4. The Hall–Kier alpha value is -1.09. The summed E-state index contributed by atoms with van der Waals surface area (Å²) in [6, 6.07) is 0. The van der Waals surface area contributed by atoms with E-state index in [4.69, 9.17) is 5.11 Å². The molecule has 3 heteroatoms. The van der Waals surface area contributed by atoms with Crippen molar-refractivity contribution >= 4 is 5.97 Å². The van der Waals surface area contributed by atoms with E-state index < -0.39 is 5.97 Å². The number of nitrogens with zero attached hydrogens (tertiary/aromatic N) is 1. The van der Waals surface area contributed by atoms with Gasteiger partial charge in [0.15, 0.2) is 6.54 Å². The molecule has 0 rings (SSSR count). The van der Waals surface area contributed by atoms with Crippen LogP contribution in [0.25, 0.3) is 0 Å². The van der Waals surface area contributed by atoms with E-state index in [0.717, 1.165) is 0 Å². The molecule has 0 spiro atoms. The van der Waals surface area contributed by atoms with Crippen LogP contribution in [0.2, 0.25) is 0 Å². The van der Waals surface area contributed by atoms with Gasteiger partial charge in [0.2, 0.25) is 0 Å². The topological polar surface area (TPSA) is 37.3 Å². The second kappa shape index (κ2) is 3.93. The first-order valence-electron chi connectivity index (χ1n) is 3.33. The number of allylic oxidation sites excluding steroid dienone is 2. The predicted molar refractivity (Wildman–Crippen MR) is 43.9 cm³/mol. The molecule has 0 aliphatic rings. The van der Waals surface area contributed by atoms with Gasteiger partial charge in [0.25, 0.3) is 0 Å². The van der Waals surface area contributed by atoms with Gasteiger partial charge in [-0.3, -0.25) is 4.48 Å². The molecule has 0 fully saturated rings. The van der Waals surface area contributed by atoms with Crippen molar-refractivity contribution in [3.8, 4) is 0 Å². The van der Waals surface area contributed by atoms with Crippen molar-refractivity contribution in [3.63, 3.8) is 0 Å². The number of hydrogen-bond acceptors (Lipinski definition) is 1. The van der Waals surface area contributed by atoms with Gasteiger partial charge in [-0.15, -0.1) is 0 Å². The summed E-state index contributed by atoms with van der Waals surface area (Å²) in [6.07, 6.45) is 5.14. The summed E-state index contributed by atoms with van der Waals surface area (Å²) in [5, 5.41) is 8.47. The first-order chi connectivity index (χ1) is 4.98. The normalized spacial score (nSPS) is 11.8. The number of hydrogen-bond donors (Lipinski definition) is 1. The summed E-state index contributed by atoms with van der Waals surface area (Å²) < 4.78 is 0.335. The van der Waals surface area contributed by atoms with Crippen molar-refractivity contribution < 1.29 is 14.4 Å². The van der Waals surface area contributed by atoms with Crippen LogP contribution in [0.4, 0.5) is 0 Å². The van der Waals surface area contributed by atoms with Gasteiger partial charge in [0.05, 0.1) is 20.3 Å². The minimum absolute atomic E-state index is 0.0876. The van der Waals surface area contributed by atoms with Gasteiger partial charge in [-0.05, 0) is 6.08 Å². The molecule has 0 aliphatic carbocycles. The van der Waals surface area contributed by atoms with Crippen molar-refractivity contribution in [3.05, 3.63) is 24.9 Å². The highest BCUT2D eigenvalue weighted by atomic mass is 16.4. The van der Waals surface area contributed by atoms with E-state index >= 15 is 0 Å². The first kappa shape index (κ1) is 9.91. The van der Waals surface area contributed by atoms with Gasteiger partial charge >= 0.3 is 5.97 Å². The van der Waals surface area contributed by atoms with Crippen LogP contribution in [0.1, 0.15) is 0 Å². The van der Waals surface area contributed by atoms with Crippen LogP contribution in [0.15, 0.2) is 24.9 Å². The molecule has 62 valence electrons. The van der Waals surface area contributed by atoms with E-state index in [-0.39, 0.29) is 6.54 Å². The van der Waals surface area contributed by atoms with Gasteiger partial charge in [-0.2, -0.15) is 0 Å². The largest absolute Gasteiger partial charge is 0.477 e. The maximum absolute atomic E-state index is 10.3. The number of carboxylic acids is 1. The van der Waals surface area contributed by atoms with Crippen molar-refractivity contribution in [1.29, 1.82) is 0 Å². The third kappa shape index (κ3) is 5.36. The molecule has 0 aromatic rings. The number of carbonyl (C=O) groups is 1. The number of likely N-dealkylation sites (N-methyl/N-ethyl adjacent to an activating group) is 1. The lowest BCUT2D eigenvalue weighted by molar-refractivity contribution is -0.831. The van der Waals surface area contributed by atoms with Crippen molar-refractivity contribution in [2.75, 3.05) is 20.6 Å². The van der Waals surface area contributed by atoms with Gasteiger partial charge in [0.1, 0.15) is 0 Å². The van der Waals surface area contributed by atoms with Crippen molar-refractivity contribution in [1.82, 2.24) is 0 Å². The molecule has 3 nitrogen and oxygen atoms in total. The summed E-state index contributed by atoms with van der Waals surface area (Å²) in [7, 11) is 3.63. The predicted octanol–water partition coefficient (Wildman–Crippen LogP) is 0.847. The zero-order valence-corrected chi connectivity index (χ0v) is 6.95. The highest BCUT2D eigenvalue weighted by molar-refractivity contribution is 5.67. The Morgan fingerprint density at radius 1 is 1.64 bits per heavy atom. The lowest BCUT2D eigenvalue weighted by Gasteiger charge is -2.21. The highest BCUT2D eigenvalue weighted by Crippen LogP contribution is 1.97. The second-order valence-corrected chi connectivity index (χ2v) is 2.91. The zero-order valence-electron chi connectivity index (χ0n) is 6.95. The Kier molecular flexibility index (Phi) is 3.54. The summed E-state index contributed by atoms with van der Waals surface area (Å²) in [4.78, 5) is 10.3. The fraction of sp³-hybridized carbons (Fsp3) is 0.375. The maximum atomic E-state index is 10.3. The highest BCUT2D eigenvalue weighted by Gasteiger charge is 2.15. The molecule has 0 aliphatic heterocycles. The fourth-order valence-corrected chi connectivity index (χ4v) is 0.695.